The van der Waals surface area contributed by atoms with E-state index in [0.717, 1.165) is 25.1 Å². The van der Waals surface area contributed by atoms with Crippen LogP contribution in [0.15, 0.2) is 42.7 Å². The van der Waals surface area contributed by atoms with Crippen LogP contribution in [-0.2, 0) is 4.74 Å². The molecule has 0 bridgehead atoms. The molecule has 4 heteroatoms. The van der Waals surface area contributed by atoms with Crippen LogP contribution in [0.2, 0.25) is 0 Å². The Morgan fingerprint density at radius 1 is 1.33 bits per heavy atom. The van der Waals surface area contributed by atoms with Crippen molar-refractivity contribution in [2.45, 2.75) is 44.9 Å². The van der Waals surface area contributed by atoms with Crippen LogP contribution < -0.4 is 5.32 Å². The molecule has 3 unspecified atom stereocenters. The van der Waals surface area contributed by atoms with Crippen molar-refractivity contribution < 1.29 is 4.74 Å². The smallest absolute Gasteiger partial charge is 0.0775 e. The molecule has 2 aromatic rings. The Hall–Kier alpha value is -1.65. The third-order valence-corrected chi connectivity index (χ3v) is 4.04. The lowest BCUT2D eigenvalue weighted by atomic mass is 10.0. The van der Waals surface area contributed by atoms with Crippen molar-refractivity contribution >= 4 is 0 Å². The summed E-state index contributed by atoms with van der Waals surface area (Å²) in [5.74, 6) is 0. The van der Waals surface area contributed by atoms with E-state index in [1.54, 1.807) is 0 Å². The lowest BCUT2D eigenvalue weighted by Gasteiger charge is -2.23. The third-order valence-electron chi connectivity index (χ3n) is 4.04. The van der Waals surface area contributed by atoms with Crippen LogP contribution in [0.1, 0.15) is 38.3 Å². The van der Waals surface area contributed by atoms with Crippen molar-refractivity contribution in [3.05, 3.63) is 48.3 Å². The fourth-order valence-corrected chi connectivity index (χ4v) is 2.98. The highest BCUT2D eigenvalue weighted by atomic mass is 16.5. The van der Waals surface area contributed by atoms with E-state index in [2.05, 4.69) is 42.6 Å². The average Bonchev–Trinajstić information content (AvgIpc) is 3.15. The summed E-state index contributed by atoms with van der Waals surface area (Å²) in [6.45, 7) is 5.21. The number of hydrogen-bond donors (Lipinski definition) is 1. The maximum atomic E-state index is 6.05. The zero-order chi connectivity index (χ0) is 14.7. The summed E-state index contributed by atoms with van der Waals surface area (Å²) in [4.78, 5) is 0. The number of para-hydroxylation sites is 1. The van der Waals surface area contributed by atoms with Gasteiger partial charge in [-0.2, -0.15) is 5.10 Å². The van der Waals surface area contributed by atoms with E-state index in [0.29, 0.717) is 6.10 Å². The van der Waals surface area contributed by atoms with E-state index in [-0.39, 0.29) is 12.1 Å². The molecule has 1 N–H and O–H groups in total. The zero-order valence-electron chi connectivity index (χ0n) is 12.7. The predicted molar refractivity (Wildman–Crippen MR) is 83.6 cm³/mol. The van der Waals surface area contributed by atoms with E-state index in [4.69, 9.17) is 4.74 Å². The maximum absolute atomic E-state index is 6.05. The van der Waals surface area contributed by atoms with Crippen LogP contribution in [0.25, 0.3) is 5.69 Å². The van der Waals surface area contributed by atoms with Crippen molar-refractivity contribution in [2.75, 3.05) is 6.54 Å². The number of likely N-dealkylation sites (N-methyl/N-ethyl adjacent to an activating group) is 1. The van der Waals surface area contributed by atoms with Crippen LogP contribution in [0.5, 0.6) is 0 Å². The molecule has 112 valence electrons. The molecule has 1 fully saturated rings. The Bertz CT molecular complexity index is 566. The van der Waals surface area contributed by atoms with Crippen molar-refractivity contribution in [1.82, 2.24) is 15.1 Å². The molecule has 1 aliphatic rings. The van der Waals surface area contributed by atoms with Gasteiger partial charge in [-0.3, -0.25) is 0 Å². The standard InChI is InChI=1S/C17H23N3O/c1-3-18-17(16-10-9-13(2)21-16)14-11-19-20(12-14)15-7-5-4-6-8-15/h4-8,11-13,16-18H,3,9-10H2,1-2H3. The summed E-state index contributed by atoms with van der Waals surface area (Å²) in [6, 6.07) is 10.4. The largest absolute Gasteiger partial charge is 0.373 e. The van der Waals surface area contributed by atoms with Crippen LogP contribution in [0, 0.1) is 0 Å². The number of nitrogens with zero attached hydrogens (tertiary/aromatic N) is 2. The number of aromatic nitrogens is 2. The van der Waals surface area contributed by atoms with Gasteiger partial charge in [0.1, 0.15) is 0 Å². The summed E-state index contributed by atoms with van der Waals surface area (Å²) in [7, 11) is 0. The molecule has 2 heterocycles. The summed E-state index contributed by atoms with van der Waals surface area (Å²) in [5, 5.41) is 8.05. The second-order valence-corrected chi connectivity index (χ2v) is 5.65. The molecular weight excluding hydrogens is 262 g/mol. The average molecular weight is 285 g/mol. The SMILES string of the molecule is CCNC(c1cnn(-c2ccccc2)c1)C1CCC(C)O1. The monoisotopic (exact) mass is 285 g/mol. The second-order valence-electron chi connectivity index (χ2n) is 5.65. The fraction of sp³-hybridized carbons (Fsp3) is 0.471. The number of rotatable bonds is 5. The number of benzene rings is 1. The molecule has 0 radical (unpaired) electrons. The minimum atomic E-state index is 0.220. The van der Waals surface area contributed by atoms with Crippen molar-refractivity contribution in [2.24, 2.45) is 0 Å². The van der Waals surface area contributed by atoms with Gasteiger partial charge in [0.05, 0.1) is 30.1 Å². The van der Waals surface area contributed by atoms with E-state index >= 15 is 0 Å². The minimum Gasteiger partial charge on any atom is -0.373 e. The molecule has 1 aromatic heterocycles. The quantitative estimate of drug-likeness (QED) is 0.917. The number of nitrogens with one attached hydrogen (secondary N) is 1. The van der Waals surface area contributed by atoms with E-state index in [1.165, 1.54) is 5.56 Å². The Labute approximate surface area is 126 Å². The van der Waals surface area contributed by atoms with Gasteiger partial charge in [0.25, 0.3) is 0 Å². The van der Waals surface area contributed by atoms with Crippen molar-refractivity contribution in [1.29, 1.82) is 0 Å². The maximum Gasteiger partial charge on any atom is 0.0775 e. The van der Waals surface area contributed by atoms with Crippen LogP contribution in [0.4, 0.5) is 0 Å². The normalized spacial score (nSPS) is 23.3. The summed E-state index contributed by atoms with van der Waals surface area (Å²) in [6.07, 6.45) is 6.91. The molecule has 0 saturated carbocycles. The van der Waals surface area contributed by atoms with Gasteiger partial charge in [-0.05, 0) is 38.4 Å². The Kier molecular flexibility index (Phi) is 4.36. The molecule has 0 spiro atoms. The highest BCUT2D eigenvalue weighted by Crippen LogP contribution is 2.30. The topological polar surface area (TPSA) is 39.1 Å². The number of ether oxygens (including phenoxy) is 1. The minimum absolute atomic E-state index is 0.220. The molecule has 21 heavy (non-hydrogen) atoms. The number of hydrogen-bond acceptors (Lipinski definition) is 3. The molecule has 3 rings (SSSR count). The van der Waals surface area contributed by atoms with Crippen molar-refractivity contribution in [3.63, 3.8) is 0 Å². The van der Waals surface area contributed by atoms with Gasteiger partial charge in [-0.25, -0.2) is 4.68 Å². The van der Waals surface area contributed by atoms with Gasteiger partial charge in [-0.15, -0.1) is 0 Å². The lowest BCUT2D eigenvalue weighted by Crippen LogP contribution is -2.31. The van der Waals surface area contributed by atoms with Gasteiger partial charge in [0, 0.05) is 11.8 Å². The predicted octanol–water partition coefficient (Wildman–Crippen LogP) is 3.09. The first-order valence-corrected chi connectivity index (χ1v) is 7.76. The van der Waals surface area contributed by atoms with Gasteiger partial charge < -0.3 is 10.1 Å². The molecule has 1 aliphatic heterocycles. The summed E-state index contributed by atoms with van der Waals surface area (Å²) >= 11 is 0. The molecular formula is C17H23N3O. The zero-order valence-corrected chi connectivity index (χ0v) is 12.7. The fourth-order valence-electron chi connectivity index (χ4n) is 2.98. The first kappa shape index (κ1) is 14.3. The molecule has 3 atom stereocenters. The van der Waals surface area contributed by atoms with Crippen LogP contribution in [0.3, 0.4) is 0 Å². The molecule has 0 aliphatic carbocycles. The Morgan fingerprint density at radius 2 is 2.14 bits per heavy atom. The lowest BCUT2D eigenvalue weighted by molar-refractivity contribution is 0.0319. The van der Waals surface area contributed by atoms with E-state index < -0.39 is 0 Å². The molecule has 1 aromatic carbocycles. The van der Waals surface area contributed by atoms with Crippen LogP contribution in [-0.4, -0.2) is 28.5 Å². The van der Waals surface area contributed by atoms with Gasteiger partial charge in [0.15, 0.2) is 0 Å². The first-order chi connectivity index (χ1) is 10.3. The van der Waals surface area contributed by atoms with Gasteiger partial charge in [0.2, 0.25) is 0 Å². The van der Waals surface area contributed by atoms with Gasteiger partial charge >= 0.3 is 0 Å². The summed E-state index contributed by atoms with van der Waals surface area (Å²) < 4.78 is 7.97. The van der Waals surface area contributed by atoms with E-state index in [9.17, 15) is 0 Å². The molecule has 1 saturated heterocycles. The summed E-state index contributed by atoms with van der Waals surface area (Å²) in [5.41, 5.74) is 2.28. The van der Waals surface area contributed by atoms with E-state index in [1.807, 2.05) is 29.1 Å². The molecule has 4 nitrogen and oxygen atoms in total. The highest BCUT2D eigenvalue weighted by Gasteiger charge is 2.30. The Balaban J connectivity index is 1.82. The second kappa shape index (κ2) is 6.41. The van der Waals surface area contributed by atoms with Crippen LogP contribution >= 0.6 is 0 Å². The highest BCUT2D eigenvalue weighted by molar-refractivity contribution is 5.31. The molecule has 0 amide bonds. The van der Waals surface area contributed by atoms with Crippen molar-refractivity contribution in [3.8, 4) is 5.69 Å². The van der Waals surface area contributed by atoms with Gasteiger partial charge in [-0.1, -0.05) is 25.1 Å². The Morgan fingerprint density at radius 3 is 2.81 bits per heavy atom. The third kappa shape index (κ3) is 3.17. The first-order valence-electron chi connectivity index (χ1n) is 7.76.